The Kier molecular flexibility index (Phi) is 6.26. The molecule has 2 heterocycles. The maximum Gasteiger partial charge on any atom is 0.251 e. The topological polar surface area (TPSA) is 83.5 Å². The summed E-state index contributed by atoms with van der Waals surface area (Å²) in [4.78, 5) is 17.3. The molecule has 1 atom stereocenters. The lowest BCUT2D eigenvalue weighted by atomic mass is 10.0. The summed E-state index contributed by atoms with van der Waals surface area (Å²) in [6.45, 7) is 3.38. The molecule has 156 valence electrons. The van der Waals surface area contributed by atoms with Gasteiger partial charge in [-0.2, -0.15) is 0 Å². The van der Waals surface area contributed by atoms with Crippen LogP contribution in [0.1, 0.15) is 40.4 Å². The van der Waals surface area contributed by atoms with Crippen LogP contribution in [-0.2, 0) is 4.74 Å². The number of benzene rings is 2. The molecule has 1 amide bonds. The molecule has 1 fully saturated rings. The van der Waals surface area contributed by atoms with Gasteiger partial charge in [0, 0.05) is 36.4 Å². The molecule has 0 unspecified atom stereocenters. The molecule has 30 heavy (non-hydrogen) atoms. The molecule has 1 saturated heterocycles. The summed E-state index contributed by atoms with van der Waals surface area (Å²) < 4.78 is 5.41. The van der Waals surface area contributed by atoms with Crippen molar-refractivity contribution in [3.05, 3.63) is 71.4 Å². The Morgan fingerprint density at radius 2 is 1.90 bits per heavy atom. The number of anilines is 1. The van der Waals surface area contributed by atoms with Gasteiger partial charge in [-0.25, -0.2) is 4.98 Å². The number of aromatic nitrogens is 1. The van der Waals surface area contributed by atoms with Crippen LogP contribution in [0.15, 0.2) is 54.7 Å². The van der Waals surface area contributed by atoms with Gasteiger partial charge in [0.25, 0.3) is 5.91 Å². The number of hydrogen-bond acceptors (Lipinski definition) is 5. The van der Waals surface area contributed by atoms with E-state index in [4.69, 9.17) is 4.74 Å². The van der Waals surface area contributed by atoms with Crippen LogP contribution in [0.2, 0.25) is 0 Å². The third-order valence-electron chi connectivity index (χ3n) is 5.52. The molecule has 6 heteroatoms. The van der Waals surface area contributed by atoms with E-state index in [1.54, 1.807) is 6.07 Å². The second-order valence-electron chi connectivity index (χ2n) is 7.78. The van der Waals surface area contributed by atoms with E-state index in [9.17, 15) is 9.90 Å². The Balaban J connectivity index is 1.50. The Morgan fingerprint density at radius 3 is 2.63 bits per heavy atom. The molecule has 1 aliphatic rings. The van der Waals surface area contributed by atoms with Gasteiger partial charge in [-0.1, -0.05) is 35.9 Å². The molecular weight excluding hydrogens is 378 g/mol. The summed E-state index contributed by atoms with van der Waals surface area (Å²) in [5.74, 6) is 0.590. The second kappa shape index (κ2) is 9.24. The number of hydrogen-bond donors (Lipinski definition) is 3. The smallest absolute Gasteiger partial charge is 0.251 e. The number of ether oxygens (including phenoxy) is 1. The first-order valence-electron chi connectivity index (χ1n) is 10.3. The van der Waals surface area contributed by atoms with E-state index in [-0.39, 0.29) is 12.5 Å². The largest absolute Gasteiger partial charge is 0.394 e. The lowest BCUT2D eigenvalue weighted by Crippen LogP contribution is -2.30. The second-order valence-corrected chi connectivity index (χ2v) is 7.78. The molecule has 0 radical (unpaired) electrons. The zero-order chi connectivity index (χ0) is 20.9. The third kappa shape index (κ3) is 4.78. The summed E-state index contributed by atoms with van der Waals surface area (Å²) in [5, 5.41) is 18.1. The SMILES string of the molecule is Cc1ccc([C@@H](CO)NC(=O)c2ccc3cnc(NC4CCOCC4)cc3c2)cc1. The number of aliphatic hydroxyl groups excluding tert-OH is 1. The van der Waals surface area contributed by atoms with Crippen LogP contribution in [-0.4, -0.2) is 41.9 Å². The van der Waals surface area contributed by atoms with Gasteiger partial charge in [-0.15, -0.1) is 0 Å². The van der Waals surface area contributed by atoms with Crippen LogP contribution in [0.4, 0.5) is 5.82 Å². The monoisotopic (exact) mass is 405 g/mol. The number of carbonyl (C=O) groups excluding carboxylic acids is 1. The first-order chi connectivity index (χ1) is 14.6. The zero-order valence-corrected chi connectivity index (χ0v) is 17.1. The van der Waals surface area contributed by atoms with Gasteiger partial charge in [0.05, 0.1) is 12.6 Å². The van der Waals surface area contributed by atoms with Gasteiger partial charge in [0.15, 0.2) is 0 Å². The number of aliphatic hydroxyl groups is 1. The molecule has 2 aromatic carbocycles. The van der Waals surface area contributed by atoms with E-state index in [2.05, 4.69) is 15.6 Å². The summed E-state index contributed by atoms with van der Waals surface area (Å²) >= 11 is 0. The van der Waals surface area contributed by atoms with E-state index < -0.39 is 6.04 Å². The van der Waals surface area contributed by atoms with E-state index in [1.807, 2.05) is 55.6 Å². The van der Waals surface area contributed by atoms with Crippen molar-refractivity contribution in [3.63, 3.8) is 0 Å². The maximum atomic E-state index is 12.8. The summed E-state index contributed by atoms with van der Waals surface area (Å²) in [7, 11) is 0. The Morgan fingerprint density at radius 1 is 1.13 bits per heavy atom. The number of pyridine rings is 1. The molecule has 4 rings (SSSR count). The average Bonchev–Trinajstić information content (AvgIpc) is 2.78. The van der Waals surface area contributed by atoms with Gasteiger partial charge in [0.1, 0.15) is 5.82 Å². The normalized spacial score (nSPS) is 15.7. The standard InChI is InChI=1S/C24H27N3O3/c1-16-2-4-17(5-3-16)22(15-28)27-24(29)18-6-7-19-14-25-23(13-20(19)12-18)26-21-8-10-30-11-9-21/h2-7,12-14,21-22,28H,8-11,15H2,1H3,(H,25,26)(H,27,29)/t22-/m1/s1. The van der Waals surface area contributed by atoms with Crippen molar-refractivity contribution in [3.8, 4) is 0 Å². The zero-order valence-electron chi connectivity index (χ0n) is 17.1. The molecule has 1 aromatic heterocycles. The van der Waals surface area contributed by atoms with E-state index in [1.165, 1.54) is 0 Å². The number of amides is 1. The van der Waals surface area contributed by atoms with Gasteiger partial charge in [0.2, 0.25) is 0 Å². The minimum Gasteiger partial charge on any atom is -0.394 e. The van der Waals surface area contributed by atoms with E-state index in [0.717, 1.165) is 53.8 Å². The quantitative estimate of drug-likeness (QED) is 0.584. The lowest BCUT2D eigenvalue weighted by molar-refractivity contribution is 0.0903. The predicted octanol–water partition coefficient (Wildman–Crippen LogP) is 3.60. The lowest BCUT2D eigenvalue weighted by Gasteiger charge is -2.23. The van der Waals surface area contributed by atoms with Crippen molar-refractivity contribution in [2.24, 2.45) is 0 Å². The van der Waals surface area contributed by atoms with Crippen LogP contribution in [0.25, 0.3) is 10.8 Å². The minimum atomic E-state index is -0.447. The van der Waals surface area contributed by atoms with Crippen molar-refractivity contribution >= 4 is 22.5 Å². The van der Waals surface area contributed by atoms with Crippen LogP contribution in [0.3, 0.4) is 0 Å². The molecule has 0 saturated carbocycles. The molecule has 1 aliphatic heterocycles. The van der Waals surface area contributed by atoms with E-state index >= 15 is 0 Å². The van der Waals surface area contributed by atoms with Gasteiger partial charge < -0.3 is 20.5 Å². The van der Waals surface area contributed by atoms with Crippen LogP contribution < -0.4 is 10.6 Å². The van der Waals surface area contributed by atoms with Crippen LogP contribution in [0, 0.1) is 6.92 Å². The molecule has 0 spiro atoms. The molecule has 3 N–H and O–H groups in total. The molecule has 0 bridgehead atoms. The first kappa shape index (κ1) is 20.3. The first-order valence-corrected chi connectivity index (χ1v) is 10.3. The maximum absolute atomic E-state index is 12.8. The van der Waals surface area contributed by atoms with Crippen molar-refractivity contribution in [2.75, 3.05) is 25.1 Å². The Labute approximate surface area is 176 Å². The fourth-order valence-corrected chi connectivity index (χ4v) is 3.69. The Hall–Kier alpha value is -2.96. The summed E-state index contributed by atoms with van der Waals surface area (Å²) in [5.41, 5.74) is 2.57. The predicted molar refractivity (Wildman–Crippen MR) is 118 cm³/mol. The van der Waals surface area contributed by atoms with Crippen molar-refractivity contribution in [2.45, 2.75) is 31.8 Å². The third-order valence-corrected chi connectivity index (χ3v) is 5.52. The Bertz CT molecular complexity index is 1010. The van der Waals surface area contributed by atoms with Gasteiger partial charge in [-0.05, 0) is 48.9 Å². The fourth-order valence-electron chi connectivity index (χ4n) is 3.69. The molecule has 0 aliphatic carbocycles. The van der Waals surface area contributed by atoms with Gasteiger partial charge in [-0.3, -0.25) is 4.79 Å². The molecule has 3 aromatic rings. The van der Waals surface area contributed by atoms with Crippen LogP contribution >= 0.6 is 0 Å². The fraction of sp³-hybridized carbons (Fsp3) is 0.333. The molecule has 6 nitrogen and oxygen atoms in total. The minimum absolute atomic E-state index is 0.161. The summed E-state index contributed by atoms with van der Waals surface area (Å²) in [6.07, 6.45) is 3.74. The summed E-state index contributed by atoms with van der Waals surface area (Å²) in [6, 6.07) is 15.2. The highest BCUT2D eigenvalue weighted by molar-refractivity contribution is 5.99. The number of carbonyl (C=O) groups is 1. The average molecular weight is 405 g/mol. The van der Waals surface area contributed by atoms with Crippen molar-refractivity contribution < 1.29 is 14.6 Å². The van der Waals surface area contributed by atoms with Crippen molar-refractivity contribution in [1.82, 2.24) is 10.3 Å². The van der Waals surface area contributed by atoms with Crippen LogP contribution in [0.5, 0.6) is 0 Å². The number of nitrogens with one attached hydrogen (secondary N) is 2. The van der Waals surface area contributed by atoms with Gasteiger partial charge >= 0.3 is 0 Å². The molecular formula is C24H27N3O3. The number of nitrogens with zero attached hydrogens (tertiary/aromatic N) is 1. The van der Waals surface area contributed by atoms with Crippen molar-refractivity contribution in [1.29, 1.82) is 0 Å². The highest BCUT2D eigenvalue weighted by Gasteiger charge is 2.16. The highest BCUT2D eigenvalue weighted by atomic mass is 16.5. The number of aryl methyl sites for hydroxylation is 1. The number of fused-ring (bicyclic) bond motifs is 1. The number of rotatable bonds is 6. The van der Waals surface area contributed by atoms with E-state index in [0.29, 0.717) is 11.6 Å². The highest BCUT2D eigenvalue weighted by Crippen LogP contribution is 2.21.